The Hall–Kier alpha value is -2.14. The number of carbonyl (C=O) groups excluding carboxylic acids is 1. The second-order valence-corrected chi connectivity index (χ2v) is 4.78. The molecule has 0 aliphatic heterocycles. The normalized spacial score (nSPS) is 12.1. The Bertz CT molecular complexity index is 534. The standard InChI is InChI=1S/C15H20N4O/c1-2-4-14(16)15(20)18-13-7-5-12(6-8-13)11-19-10-3-9-17-19/h3,5-10,14H,2,4,11,16H2,1H3,(H,18,20). The molecule has 1 amide bonds. The maximum absolute atomic E-state index is 11.8. The summed E-state index contributed by atoms with van der Waals surface area (Å²) in [7, 11) is 0. The van der Waals surface area contributed by atoms with Crippen molar-refractivity contribution in [2.75, 3.05) is 5.32 Å². The van der Waals surface area contributed by atoms with Gasteiger partial charge in [0.05, 0.1) is 12.6 Å². The third-order valence-electron chi connectivity index (χ3n) is 3.06. The van der Waals surface area contributed by atoms with Crippen LogP contribution in [0, 0.1) is 0 Å². The summed E-state index contributed by atoms with van der Waals surface area (Å²) < 4.78 is 1.85. The van der Waals surface area contributed by atoms with Crippen LogP contribution in [0.5, 0.6) is 0 Å². The smallest absolute Gasteiger partial charge is 0.241 e. The van der Waals surface area contributed by atoms with E-state index in [2.05, 4.69) is 10.4 Å². The van der Waals surface area contributed by atoms with Crippen LogP contribution in [0.2, 0.25) is 0 Å². The third kappa shape index (κ3) is 3.93. The minimum atomic E-state index is -0.441. The largest absolute Gasteiger partial charge is 0.325 e. The van der Waals surface area contributed by atoms with Gasteiger partial charge in [-0.25, -0.2) is 0 Å². The maximum Gasteiger partial charge on any atom is 0.241 e. The van der Waals surface area contributed by atoms with E-state index in [1.54, 1.807) is 6.20 Å². The lowest BCUT2D eigenvalue weighted by molar-refractivity contribution is -0.117. The highest BCUT2D eigenvalue weighted by Crippen LogP contribution is 2.11. The third-order valence-corrected chi connectivity index (χ3v) is 3.06. The number of aromatic nitrogens is 2. The molecule has 5 heteroatoms. The summed E-state index contributed by atoms with van der Waals surface area (Å²) in [6, 6.07) is 9.17. The number of carbonyl (C=O) groups is 1. The second kappa shape index (κ2) is 6.86. The summed E-state index contributed by atoms with van der Waals surface area (Å²) in [6.07, 6.45) is 5.27. The summed E-state index contributed by atoms with van der Waals surface area (Å²) in [5.74, 6) is -0.133. The fraction of sp³-hybridized carbons (Fsp3) is 0.333. The summed E-state index contributed by atoms with van der Waals surface area (Å²) in [4.78, 5) is 11.8. The molecule has 3 N–H and O–H groups in total. The van der Waals surface area contributed by atoms with Gasteiger partial charge in [0.2, 0.25) is 5.91 Å². The van der Waals surface area contributed by atoms with Gasteiger partial charge in [-0.05, 0) is 30.2 Å². The van der Waals surface area contributed by atoms with E-state index in [9.17, 15) is 4.79 Å². The summed E-state index contributed by atoms with van der Waals surface area (Å²) >= 11 is 0. The van der Waals surface area contributed by atoms with E-state index in [0.29, 0.717) is 6.42 Å². The predicted octanol–water partition coefficient (Wildman–Crippen LogP) is 2.00. The monoisotopic (exact) mass is 272 g/mol. The molecule has 2 rings (SSSR count). The van der Waals surface area contributed by atoms with Crippen LogP contribution in [0.4, 0.5) is 5.69 Å². The molecule has 1 heterocycles. The van der Waals surface area contributed by atoms with Gasteiger partial charge in [-0.3, -0.25) is 9.48 Å². The van der Waals surface area contributed by atoms with Crippen LogP contribution in [-0.4, -0.2) is 21.7 Å². The van der Waals surface area contributed by atoms with Crippen molar-refractivity contribution in [3.8, 4) is 0 Å². The number of anilines is 1. The molecule has 5 nitrogen and oxygen atoms in total. The van der Waals surface area contributed by atoms with E-state index in [-0.39, 0.29) is 5.91 Å². The highest BCUT2D eigenvalue weighted by Gasteiger charge is 2.11. The van der Waals surface area contributed by atoms with Crippen molar-refractivity contribution in [2.24, 2.45) is 5.73 Å². The van der Waals surface area contributed by atoms with Crippen molar-refractivity contribution in [3.63, 3.8) is 0 Å². The van der Waals surface area contributed by atoms with Crippen LogP contribution in [0.15, 0.2) is 42.7 Å². The van der Waals surface area contributed by atoms with Gasteiger partial charge in [0.1, 0.15) is 0 Å². The number of amides is 1. The highest BCUT2D eigenvalue weighted by atomic mass is 16.2. The average Bonchev–Trinajstić information content (AvgIpc) is 2.94. The van der Waals surface area contributed by atoms with Gasteiger partial charge >= 0.3 is 0 Å². The van der Waals surface area contributed by atoms with Crippen molar-refractivity contribution in [1.82, 2.24) is 9.78 Å². The molecule has 20 heavy (non-hydrogen) atoms. The van der Waals surface area contributed by atoms with E-state index in [1.165, 1.54) is 0 Å². The lowest BCUT2D eigenvalue weighted by Crippen LogP contribution is -2.35. The number of hydrogen-bond donors (Lipinski definition) is 2. The van der Waals surface area contributed by atoms with Crippen LogP contribution in [-0.2, 0) is 11.3 Å². The van der Waals surface area contributed by atoms with E-state index in [0.717, 1.165) is 24.2 Å². The first kappa shape index (κ1) is 14.3. The van der Waals surface area contributed by atoms with Crippen molar-refractivity contribution < 1.29 is 4.79 Å². The fourth-order valence-corrected chi connectivity index (χ4v) is 1.95. The number of nitrogens with one attached hydrogen (secondary N) is 1. The maximum atomic E-state index is 11.8. The van der Waals surface area contributed by atoms with Crippen molar-refractivity contribution >= 4 is 11.6 Å². The first-order chi connectivity index (χ1) is 9.69. The van der Waals surface area contributed by atoms with Gasteiger partial charge in [-0.15, -0.1) is 0 Å². The van der Waals surface area contributed by atoms with Gasteiger partial charge in [-0.1, -0.05) is 25.5 Å². The van der Waals surface area contributed by atoms with Gasteiger partial charge < -0.3 is 11.1 Å². The lowest BCUT2D eigenvalue weighted by atomic mass is 10.1. The molecule has 1 unspecified atom stereocenters. The Balaban J connectivity index is 1.93. The molecule has 2 aromatic rings. The van der Waals surface area contributed by atoms with Crippen molar-refractivity contribution in [3.05, 3.63) is 48.3 Å². The Morgan fingerprint density at radius 2 is 2.15 bits per heavy atom. The Kier molecular flexibility index (Phi) is 4.90. The molecule has 0 saturated heterocycles. The van der Waals surface area contributed by atoms with Gasteiger partial charge in [-0.2, -0.15) is 5.10 Å². The molecule has 106 valence electrons. The van der Waals surface area contributed by atoms with Gasteiger partial charge in [0.15, 0.2) is 0 Å². The second-order valence-electron chi connectivity index (χ2n) is 4.78. The Labute approximate surface area is 118 Å². The van der Waals surface area contributed by atoms with E-state index in [4.69, 9.17) is 5.73 Å². The molecule has 0 spiro atoms. The molecule has 1 atom stereocenters. The van der Waals surface area contributed by atoms with E-state index < -0.39 is 6.04 Å². The quantitative estimate of drug-likeness (QED) is 0.844. The highest BCUT2D eigenvalue weighted by molar-refractivity contribution is 5.94. The first-order valence-corrected chi connectivity index (χ1v) is 6.82. The van der Waals surface area contributed by atoms with E-state index >= 15 is 0 Å². The number of nitrogens with two attached hydrogens (primary N) is 1. The minimum absolute atomic E-state index is 0.133. The molecule has 1 aromatic heterocycles. The molecule has 0 saturated carbocycles. The van der Waals surface area contributed by atoms with Crippen molar-refractivity contribution in [1.29, 1.82) is 0 Å². The lowest BCUT2D eigenvalue weighted by Gasteiger charge is -2.11. The number of hydrogen-bond acceptors (Lipinski definition) is 3. The molecule has 0 radical (unpaired) electrons. The average molecular weight is 272 g/mol. The Morgan fingerprint density at radius 3 is 2.75 bits per heavy atom. The minimum Gasteiger partial charge on any atom is -0.325 e. The number of nitrogens with zero attached hydrogens (tertiary/aromatic N) is 2. The molecular formula is C15H20N4O. The van der Waals surface area contributed by atoms with Crippen LogP contribution in [0.3, 0.4) is 0 Å². The summed E-state index contributed by atoms with van der Waals surface area (Å²) in [5, 5.41) is 6.98. The zero-order valence-electron chi connectivity index (χ0n) is 11.6. The zero-order chi connectivity index (χ0) is 14.4. The molecule has 0 fully saturated rings. The fourth-order valence-electron chi connectivity index (χ4n) is 1.95. The van der Waals surface area contributed by atoms with Crippen molar-refractivity contribution in [2.45, 2.75) is 32.4 Å². The number of benzene rings is 1. The van der Waals surface area contributed by atoms with Crippen LogP contribution in [0.25, 0.3) is 0 Å². The van der Waals surface area contributed by atoms with Crippen LogP contribution >= 0.6 is 0 Å². The van der Waals surface area contributed by atoms with Gasteiger partial charge in [0, 0.05) is 18.1 Å². The molecular weight excluding hydrogens is 252 g/mol. The molecule has 1 aromatic carbocycles. The summed E-state index contributed by atoms with van der Waals surface area (Å²) in [5.41, 5.74) is 7.67. The molecule has 0 aliphatic rings. The van der Waals surface area contributed by atoms with E-state index in [1.807, 2.05) is 48.1 Å². The van der Waals surface area contributed by atoms with Gasteiger partial charge in [0.25, 0.3) is 0 Å². The zero-order valence-corrected chi connectivity index (χ0v) is 11.6. The molecule has 0 bridgehead atoms. The Morgan fingerprint density at radius 1 is 1.40 bits per heavy atom. The topological polar surface area (TPSA) is 72.9 Å². The SMILES string of the molecule is CCCC(N)C(=O)Nc1ccc(Cn2cccn2)cc1. The predicted molar refractivity (Wildman–Crippen MR) is 79.3 cm³/mol. The molecule has 0 aliphatic carbocycles. The summed E-state index contributed by atoms with van der Waals surface area (Å²) in [6.45, 7) is 2.73. The van der Waals surface area contributed by atoms with Crippen LogP contribution < -0.4 is 11.1 Å². The number of rotatable bonds is 6. The van der Waals surface area contributed by atoms with Crippen LogP contribution in [0.1, 0.15) is 25.3 Å². The first-order valence-electron chi connectivity index (χ1n) is 6.82.